The fraction of sp³-hybridized carbons (Fsp3) is 0.154. The van der Waals surface area contributed by atoms with Gasteiger partial charge in [-0.1, -0.05) is 60.3 Å². The quantitative estimate of drug-likeness (QED) is 0.259. The number of methoxy groups -OCH3 is 1. The summed E-state index contributed by atoms with van der Waals surface area (Å²) in [5, 5.41) is 1.28. The Hall–Kier alpha value is -2.32. The van der Waals surface area contributed by atoms with Gasteiger partial charge in [-0.05, 0) is 78.8 Å². The first-order chi connectivity index (χ1) is 16.0. The molecule has 166 valence electrons. The van der Waals surface area contributed by atoms with Crippen molar-refractivity contribution in [2.45, 2.75) is 24.1 Å². The lowest BCUT2D eigenvalue weighted by molar-refractivity contribution is 0.414. The molecule has 3 aromatic carbocycles. The summed E-state index contributed by atoms with van der Waals surface area (Å²) in [6.07, 6.45) is 0. The first kappa shape index (κ1) is 22.5. The van der Waals surface area contributed by atoms with Crippen LogP contribution in [0.25, 0.3) is 5.69 Å². The van der Waals surface area contributed by atoms with Gasteiger partial charge in [0.1, 0.15) is 15.2 Å². The first-order valence-electron chi connectivity index (χ1n) is 10.5. The van der Waals surface area contributed by atoms with Gasteiger partial charge in [-0.25, -0.2) is 4.99 Å². The van der Waals surface area contributed by atoms with Crippen molar-refractivity contribution in [3.8, 4) is 11.4 Å². The Morgan fingerprint density at radius 2 is 1.61 bits per heavy atom. The van der Waals surface area contributed by atoms with Crippen LogP contribution in [0.15, 0.2) is 82.8 Å². The predicted molar refractivity (Wildman–Crippen MR) is 146 cm³/mol. The van der Waals surface area contributed by atoms with E-state index >= 15 is 0 Å². The summed E-state index contributed by atoms with van der Waals surface area (Å²) in [4.78, 5) is 6.34. The highest BCUT2D eigenvalue weighted by molar-refractivity contribution is 8.39. The molecule has 1 aromatic heterocycles. The smallest absolute Gasteiger partial charge is 0.166 e. The summed E-state index contributed by atoms with van der Waals surface area (Å²) >= 11 is 11.1. The van der Waals surface area contributed by atoms with E-state index in [9.17, 15) is 0 Å². The molecular weight excluding hydrogens is 485 g/mol. The number of ether oxygens (including phenoxy) is 1. The molecule has 33 heavy (non-hydrogen) atoms. The lowest BCUT2D eigenvalue weighted by Crippen LogP contribution is -2.09. The van der Waals surface area contributed by atoms with E-state index in [2.05, 4.69) is 66.9 Å². The molecule has 0 radical (unpaired) electrons. The van der Waals surface area contributed by atoms with Gasteiger partial charge in [0, 0.05) is 0 Å². The van der Waals surface area contributed by atoms with Gasteiger partial charge in [-0.2, -0.15) is 0 Å². The summed E-state index contributed by atoms with van der Waals surface area (Å²) in [6.45, 7) is 4.23. The molecular formula is C26H22N2OS4. The van der Waals surface area contributed by atoms with E-state index in [-0.39, 0.29) is 5.25 Å². The van der Waals surface area contributed by atoms with Crippen molar-refractivity contribution in [2.75, 3.05) is 7.11 Å². The molecule has 0 saturated carbocycles. The van der Waals surface area contributed by atoms with Crippen LogP contribution in [-0.2, 0) is 0 Å². The first-order valence-corrected chi connectivity index (χ1v) is 13.4. The number of nitrogens with zero attached hydrogens (tertiary/aromatic N) is 2. The molecule has 1 aliphatic heterocycles. The van der Waals surface area contributed by atoms with Crippen molar-refractivity contribution in [3.63, 3.8) is 0 Å². The van der Waals surface area contributed by atoms with Crippen LogP contribution in [0, 0.1) is 17.8 Å². The zero-order valence-corrected chi connectivity index (χ0v) is 21.7. The van der Waals surface area contributed by atoms with E-state index in [4.69, 9.17) is 21.9 Å². The maximum atomic E-state index is 5.89. The fourth-order valence-corrected chi connectivity index (χ4v) is 8.23. The molecule has 3 nitrogen and oxygen atoms in total. The van der Waals surface area contributed by atoms with Gasteiger partial charge in [0.05, 0.1) is 28.6 Å². The largest absolute Gasteiger partial charge is 0.497 e. The molecule has 7 heteroatoms. The molecule has 1 unspecified atom stereocenters. The van der Waals surface area contributed by atoms with Crippen molar-refractivity contribution in [3.05, 3.63) is 98.3 Å². The van der Waals surface area contributed by atoms with E-state index in [1.807, 2.05) is 24.3 Å². The zero-order chi connectivity index (χ0) is 22.9. The van der Waals surface area contributed by atoms with Crippen molar-refractivity contribution in [2.24, 2.45) is 4.99 Å². The monoisotopic (exact) mass is 506 g/mol. The summed E-state index contributed by atoms with van der Waals surface area (Å²) in [5.41, 5.74) is 5.71. The maximum Gasteiger partial charge on any atom is 0.166 e. The Labute approximate surface area is 211 Å². The third kappa shape index (κ3) is 4.43. The standard InChI is InChI=1S/C26H22N2OS4/c1-16-8-4-6-10-20(16)27-25-31-22(18-12-14-19(29-3)15-13-18)23-24(33-25)28(26(30)32-23)21-11-7-5-9-17(21)2/h4-15,22H,1-3H3. The number of hydrogen-bond acceptors (Lipinski definition) is 6. The minimum Gasteiger partial charge on any atom is -0.497 e. The molecule has 1 aliphatic rings. The maximum absolute atomic E-state index is 5.89. The number of thiazole rings is 1. The molecule has 1 atom stereocenters. The van der Waals surface area contributed by atoms with E-state index < -0.39 is 0 Å². The number of aromatic nitrogens is 1. The fourth-order valence-electron chi connectivity index (χ4n) is 3.76. The van der Waals surface area contributed by atoms with Crippen molar-refractivity contribution < 1.29 is 4.74 Å². The van der Waals surface area contributed by atoms with E-state index in [0.29, 0.717) is 0 Å². The third-order valence-corrected chi connectivity index (χ3v) is 9.69. The Morgan fingerprint density at radius 3 is 2.30 bits per heavy atom. The molecule has 4 aromatic rings. The highest BCUT2D eigenvalue weighted by atomic mass is 32.2. The Morgan fingerprint density at radius 1 is 0.909 bits per heavy atom. The molecule has 0 saturated heterocycles. The average molecular weight is 507 g/mol. The third-order valence-electron chi connectivity index (χ3n) is 5.54. The van der Waals surface area contributed by atoms with E-state index in [0.717, 1.165) is 30.5 Å². The van der Waals surface area contributed by atoms with Crippen LogP contribution >= 0.6 is 47.1 Å². The molecule has 0 N–H and O–H groups in total. The average Bonchev–Trinajstić information content (AvgIpc) is 3.16. The van der Waals surface area contributed by atoms with Crippen LogP contribution in [-0.4, -0.2) is 16.1 Å². The summed E-state index contributed by atoms with van der Waals surface area (Å²) < 4.78 is 9.48. The van der Waals surface area contributed by atoms with Crippen molar-refractivity contribution in [1.82, 2.24) is 4.57 Å². The second kappa shape index (κ2) is 9.50. The van der Waals surface area contributed by atoms with Gasteiger partial charge in [0.15, 0.2) is 3.95 Å². The van der Waals surface area contributed by atoms with Gasteiger partial charge in [0.2, 0.25) is 0 Å². The minimum atomic E-state index is 0.117. The summed E-state index contributed by atoms with van der Waals surface area (Å²) in [7, 11) is 1.69. The lowest BCUT2D eigenvalue weighted by Gasteiger charge is -2.24. The van der Waals surface area contributed by atoms with Crippen LogP contribution < -0.4 is 4.74 Å². The number of aliphatic imine (C=N–C) groups is 1. The highest BCUT2D eigenvalue weighted by Crippen LogP contribution is 2.53. The van der Waals surface area contributed by atoms with Crippen molar-refractivity contribution >= 4 is 57.1 Å². The summed E-state index contributed by atoms with van der Waals surface area (Å²) in [6, 6.07) is 25.0. The zero-order valence-electron chi connectivity index (χ0n) is 18.4. The second-order valence-electron chi connectivity index (χ2n) is 7.70. The van der Waals surface area contributed by atoms with Crippen LogP contribution in [0.1, 0.15) is 26.8 Å². The molecule has 5 rings (SSSR count). The van der Waals surface area contributed by atoms with Crippen LogP contribution in [0.4, 0.5) is 5.69 Å². The van der Waals surface area contributed by atoms with Crippen molar-refractivity contribution in [1.29, 1.82) is 0 Å². The topological polar surface area (TPSA) is 26.5 Å². The normalized spacial score (nSPS) is 16.6. The molecule has 0 fully saturated rings. The number of para-hydroxylation sites is 2. The lowest BCUT2D eigenvalue weighted by atomic mass is 10.1. The van der Waals surface area contributed by atoms with E-state index in [1.54, 1.807) is 42.0 Å². The van der Waals surface area contributed by atoms with Crippen LogP contribution in [0.2, 0.25) is 0 Å². The molecule has 0 bridgehead atoms. The molecule has 2 heterocycles. The van der Waals surface area contributed by atoms with Gasteiger partial charge in [0.25, 0.3) is 0 Å². The second-order valence-corrected chi connectivity index (χ2v) is 11.7. The number of benzene rings is 3. The van der Waals surface area contributed by atoms with Gasteiger partial charge in [-0.3, -0.25) is 4.57 Å². The predicted octanol–water partition coefficient (Wildman–Crippen LogP) is 8.51. The van der Waals surface area contributed by atoms with Gasteiger partial charge < -0.3 is 4.74 Å². The van der Waals surface area contributed by atoms with Gasteiger partial charge >= 0.3 is 0 Å². The van der Waals surface area contributed by atoms with E-state index in [1.165, 1.54) is 21.6 Å². The van der Waals surface area contributed by atoms with Gasteiger partial charge in [-0.15, -0.1) is 11.3 Å². The summed E-state index contributed by atoms with van der Waals surface area (Å²) in [5.74, 6) is 0.855. The Bertz CT molecular complexity index is 1400. The number of thioether (sulfide) groups is 2. The number of fused-ring (bicyclic) bond motifs is 1. The highest BCUT2D eigenvalue weighted by Gasteiger charge is 2.32. The van der Waals surface area contributed by atoms with Crippen LogP contribution in [0.5, 0.6) is 5.75 Å². The Kier molecular flexibility index (Phi) is 6.47. The SMILES string of the molecule is COc1ccc(C2SC(=Nc3ccccc3C)Sc3c2sc(=S)n3-c2ccccc2C)cc1. The minimum absolute atomic E-state index is 0.117. The van der Waals surface area contributed by atoms with Crippen LogP contribution in [0.3, 0.4) is 0 Å². The number of aryl methyl sites for hydroxylation is 2. The number of hydrogen-bond donors (Lipinski definition) is 0. The number of rotatable bonds is 4. The molecule has 0 spiro atoms. The Balaban J connectivity index is 1.68. The molecule has 0 aliphatic carbocycles. The molecule has 0 amide bonds.